The molecular formula is C21H42O5Si. The van der Waals surface area contributed by atoms with Gasteiger partial charge in [-0.05, 0) is 22.7 Å². The van der Waals surface area contributed by atoms with Gasteiger partial charge in [0.05, 0.1) is 6.61 Å². The molecule has 0 rings (SSSR count). The number of hydrogen-bond donors (Lipinski definition) is 0. The van der Waals surface area contributed by atoms with Gasteiger partial charge in [0, 0.05) is 31.9 Å². The second-order valence-electron chi connectivity index (χ2n) is 10.7. The summed E-state index contributed by atoms with van der Waals surface area (Å²) < 4.78 is 24.2. The largest absolute Gasteiger partial charge is 0.501 e. The molecule has 0 saturated heterocycles. The van der Waals surface area contributed by atoms with Crippen LogP contribution in [0.15, 0.2) is 12.7 Å². The first-order valence-electron chi connectivity index (χ1n) is 9.79. The van der Waals surface area contributed by atoms with Gasteiger partial charge in [0.15, 0.2) is 0 Å². The zero-order valence-corrected chi connectivity index (χ0v) is 20.1. The van der Waals surface area contributed by atoms with Crippen LogP contribution in [0.25, 0.3) is 0 Å². The van der Waals surface area contributed by atoms with E-state index in [1.54, 1.807) is 0 Å². The molecule has 6 heteroatoms. The van der Waals surface area contributed by atoms with E-state index in [4.69, 9.17) is 18.0 Å². The molecule has 160 valence electrons. The third-order valence-corrected chi connectivity index (χ3v) is 5.93. The Hall–Kier alpha value is -0.693. The molecule has 0 N–H and O–H groups in total. The maximum absolute atomic E-state index is 11.3. The molecule has 5 nitrogen and oxygen atoms in total. The molecule has 0 aromatic rings. The van der Waals surface area contributed by atoms with Crippen LogP contribution in [-0.2, 0) is 22.8 Å². The van der Waals surface area contributed by atoms with Crippen LogP contribution in [0.3, 0.4) is 0 Å². The molecule has 0 saturated carbocycles. The van der Waals surface area contributed by atoms with Crippen molar-refractivity contribution in [2.24, 2.45) is 16.2 Å². The minimum atomic E-state index is -2.92. The van der Waals surface area contributed by atoms with Crippen molar-refractivity contribution < 1.29 is 22.8 Å². The van der Waals surface area contributed by atoms with Gasteiger partial charge < -0.3 is 18.0 Å². The van der Waals surface area contributed by atoms with E-state index in [2.05, 4.69) is 68.9 Å². The Labute approximate surface area is 168 Å². The van der Waals surface area contributed by atoms with Crippen molar-refractivity contribution in [2.45, 2.75) is 74.8 Å². The van der Waals surface area contributed by atoms with E-state index >= 15 is 0 Å². The predicted octanol–water partition coefficient (Wildman–Crippen LogP) is 5.23. The molecule has 0 radical (unpaired) electrons. The minimum Gasteiger partial charge on any atom is -0.463 e. The highest BCUT2D eigenvalue weighted by molar-refractivity contribution is 6.60. The molecule has 0 spiro atoms. The summed E-state index contributed by atoms with van der Waals surface area (Å²) in [6, 6.07) is 0.611. The van der Waals surface area contributed by atoms with Crippen LogP contribution in [0.2, 0.25) is 6.04 Å². The number of esters is 1. The molecule has 0 unspecified atom stereocenters. The summed E-state index contributed by atoms with van der Waals surface area (Å²) >= 11 is 0. The first-order valence-corrected chi connectivity index (χ1v) is 11.7. The van der Waals surface area contributed by atoms with Crippen molar-refractivity contribution >= 4 is 14.8 Å². The van der Waals surface area contributed by atoms with E-state index in [-0.39, 0.29) is 16.2 Å². The summed E-state index contributed by atoms with van der Waals surface area (Å²) in [6.45, 7) is 24.6. The van der Waals surface area contributed by atoms with Crippen molar-refractivity contribution in [1.29, 1.82) is 0 Å². The first-order chi connectivity index (χ1) is 12.1. The molecular weight excluding hydrogens is 360 g/mol. The van der Waals surface area contributed by atoms with Gasteiger partial charge in [0.2, 0.25) is 0 Å². The van der Waals surface area contributed by atoms with Crippen molar-refractivity contribution in [3.8, 4) is 0 Å². The normalized spacial score (nSPS) is 13.5. The third kappa shape index (κ3) is 15.0. The van der Waals surface area contributed by atoms with E-state index in [1.807, 2.05) is 0 Å². The Kier molecular flexibility index (Phi) is 10.5. The van der Waals surface area contributed by atoms with Gasteiger partial charge in [-0.2, -0.15) is 0 Å². The van der Waals surface area contributed by atoms with Gasteiger partial charge in [0.25, 0.3) is 0 Å². The SMILES string of the molecule is C=CC(=O)OCCC[Si](OCC(C)(C)C)(OCC(C)(C)C)OCC(C)(C)C. The molecule has 0 aromatic heterocycles. The zero-order valence-electron chi connectivity index (χ0n) is 19.1. The summed E-state index contributed by atoms with van der Waals surface area (Å²) in [5.74, 6) is -0.413. The van der Waals surface area contributed by atoms with Gasteiger partial charge in [-0.25, -0.2) is 4.79 Å². The number of carbonyl (C=O) groups excluding carboxylic acids is 1. The average Bonchev–Trinajstić information content (AvgIpc) is 2.49. The van der Waals surface area contributed by atoms with Crippen LogP contribution in [0, 0.1) is 16.2 Å². The third-order valence-electron chi connectivity index (χ3n) is 3.21. The number of rotatable bonds is 11. The summed E-state index contributed by atoms with van der Waals surface area (Å²) in [6.07, 6.45) is 1.80. The smallest absolute Gasteiger partial charge is 0.463 e. The molecule has 0 heterocycles. The van der Waals surface area contributed by atoms with Gasteiger partial charge in [-0.15, -0.1) is 0 Å². The number of ether oxygens (including phenoxy) is 1. The summed E-state index contributed by atoms with van der Waals surface area (Å²) in [5.41, 5.74) is 0.0111. The minimum absolute atomic E-state index is 0.00371. The molecule has 0 bridgehead atoms. The monoisotopic (exact) mass is 402 g/mol. The van der Waals surface area contributed by atoms with Crippen LogP contribution >= 0.6 is 0 Å². The Balaban J connectivity index is 5.26. The lowest BCUT2D eigenvalue weighted by atomic mass is 9.99. The predicted molar refractivity (Wildman–Crippen MR) is 113 cm³/mol. The fourth-order valence-corrected chi connectivity index (χ4v) is 5.06. The van der Waals surface area contributed by atoms with Crippen molar-refractivity contribution in [3.63, 3.8) is 0 Å². The Bertz CT molecular complexity index is 409. The Morgan fingerprint density at radius 1 is 0.815 bits per heavy atom. The molecule has 0 atom stereocenters. The average molecular weight is 403 g/mol. The topological polar surface area (TPSA) is 54.0 Å². The molecule has 0 aliphatic heterocycles. The molecule has 0 aromatic carbocycles. The Morgan fingerprint density at radius 3 is 1.48 bits per heavy atom. The fourth-order valence-electron chi connectivity index (χ4n) is 1.84. The van der Waals surface area contributed by atoms with E-state index < -0.39 is 14.8 Å². The molecule has 0 aliphatic carbocycles. The van der Waals surface area contributed by atoms with Crippen molar-refractivity contribution in [1.82, 2.24) is 0 Å². The van der Waals surface area contributed by atoms with Crippen LogP contribution in [0.5, 0.6) is 0 Å². The van der Waals surface area contributed by atoms with Crippen LogP contribution in [0.1, 0.15) is 68.7 Å². The molecule has 27 heavy (non-hydrogen) atoms. The fraction of sp³-hybridized carbons (Fsp3) is 0.857. The molecule has 0 amide bonds. The standard InChI is InChI=1S/C21H42O5Si/c1-11-18(22)23-13-12-14-27(24-15-19(2,3)4,25-16-20(5,6)7)26-17-21(8,9)10/h11H,1,12-17H2,2-10H3. The zero-order chi connectivity index (χ0) is 21.4. The van der Waals surface area contributed by atoms with Gasteiger partial charge in [-0.3, -0.25) is 0 Å². The van der Waals surface area contributed by atoms with Gasteiger partial charge >= 0.3 is 14.8 Å². The van der Waals surface area contributed by atoms with Crippen molar-refractivity contribution in [3.05, 3.63) is 12.7 Å². The summed E-state index contributed by atoms with van der Waals surface area (Å²) in [7, 11) is -2.92. The molecule has 0 fully saturated rings. The maximum atomic E-state index is 11.3. The van der Waals surface area contributed by atoms with Crippen LogP contribution in [0.4, 0.5) is 0 Å². The van der Waals surface area contributed by atoms with Gasteiger partial charge in [0.1, 0.15) is 0 Å². The van der Waals surface area contributed by atoms with Gasteiger partial charge in [-0.1, -0.05) is 68.9 Å². The highest BCUT2D eigenvalue weighted by atomic mass is 28.4. The lowest BCUT2D eigenvalue weighted by Crippen LogP contribution is -2.50. The maximum Gasteiger partial charge on any atom is 0.501 e. The van der Waals surface area contributed by atoms with Crippen molar-refractivity contribution in [2.75, 3.05) is 26.4 Å². The number of hydrogen-bond acceptors (Lipinski definition) is 5. The van der Waals surface area contributed by atoms with E-state index in [1.165, 1.54) is 6.08 Å². The van der Waals surface area contributed by atoms with E-state index in [0.717, 1.165) is 0 Å². The van der Waals surface area contributed by atoms with E-state index in [9.17, 15) is 4.79 Å². The highest BCUT2D eigenvalue weighted by Gasteiger charge is 2.43. The lowest BCUT2D eigenvalue weighted by molar-refractivity contribution is -0.137. The number of carbonyl (C=O) groups is 1. The second-order valence-corrected chi connectivity index (χ2v) is 13.4. The van der Waals surface area contributed by atoms with E-state index in [0.29, 0.717) is 38.9 Å². The Morgan fingerprint density at radius 2 is 1.19 bits per heavy atom. The van der Waals surface area contributed by atoms with Crippen LogP contribution in [-0.4, -0.2) is 41.2 Å². The summed E-state index contributed by atoms with van der Waals surface area (Å²) in [5, 5.41) is 0. The first kappa shape index (κ1) is 26.3. The van der Waals surface area contributed by atoms with Crippen LogP contribution < -0.4 is 0 Å². The highest BCUT2D eigenvalue weighted by Crippen LogP contribution is 2.28. The molecule has 0 aliphatic rings. The second kappa shape index (κ2) is 10.7. The lowest BCUT2D eigenvalue weighted by Gasteiger charge is -2.36. The quantitative estimate of drug-likeness (QED) is 0.205. The summed E-state index contributed by atoms with van der Waals surface area (Å²) in [4.78, 5) is 11.3.